The van der Waals surface area contributed by atoms with Gasteiger partial charge in [-0.25, -0.2) is 0 Å². The molecule has 0 unspecified atom stereocenters. The van der Waals surface area contributed by atoms with E-state index in [1.54, 1.807) is 4.90 Å². The number of carbonyl (C=O) groups is 1. The number of nitrogens with two attached hydrogens (primary N) is 1. The highest BCUT2D eigenvalue weighted by Gasteiger charge is 2.15. The molecule has 0 aromatic heterocycles. The second-order valence-electron chi connectivity index (χ2n) is 2.35. The predicted octanol–water partition coefficient (Wildman–Crippen LogP) is -1.62. The summed E-state index contributed by atoms with van der Waals surface area (Å²) in [4.78, 5) is 12.8. The minimum absolute atomic E-state index is 0.164. The van der Waals surface area contributed by atoms with Crippen LogP contribution in [0.4, 0.5) is 0 Å². The largest absolute Gasteiger partial charge is 0.339 e. The van der Waals surface area contributed by atoms with Crippen molar-refractivity contribution in [2.45, 2.75) is 0 Å². The zero-order chi connectivity index (χ0) is 7.40. The van der Waals surface area contributed by atoms with E-state index < -0.39 is 0 Å². The van der Waals surface area contributed by atoms with Crippen LogP contribution in [0.15, 0.2) is 0 Å². The molecule has 0 aromatic carbocycles. The molecule has 4 nitrogen and oxygen atoms in total. The third-order valence-electron chi connectivity index (χ3n) is 1.59. The molecule has 10 heavy (non-hydrogen) atoms. The van der Waals surface area contributed by atoms with Crippen LogP contribution >= 0.6 is 0 Å². The molecule has 1 aliphatic rings. The van der Waals surface area contributed by atoms with E-state index in [0.717, 1.165) is 13.1 Å². The molecule has 0 aliphatic carbocycles. The Balaban J connectivity index is 2.32. The smallest absolute Gasteiger partial charge is 0.236 e. The van der Waals surface area contributed by atoms with Crippen molar-refractivity contribution in [3.05, 3.63) is 0 Å². The molecule has 1 aliphatic heterocycles. The van der Waals surface area contributed by atoms with Crippen LogP contribution in [0.5, 0.6) is 0 Å². The van der Waals surface area contributed by atoms with Crippen LogP contribution in [0, 0.1) is 0 Å². The summed E-state index contributed by atoms with van der Waals surface area (Å²) in [6, 6.07) is 0. The van der Waals surface area contributed by atoms with Gasteiger partial charge in [-0.05, 0) is 0 Å². The second-order valence-corrected chi connectivity index (χ2v) is 2.35. The maximum Gasteiger partial charge on any atom is 0.236 e. The van der Waals surface area contributed by atoms with Crippen molar-refractivity contribution in [1.82, 2.24) is 10.2 Å². The topological polar surface area (TPSA) is 58.4 Å². The highest BCUT2D eigenvalue weighted by Crippen LogP contribution is 1.91. The molecule has 3 N–H and O–H groups in total. The van der Waals surface area contributed by atoms with E-state index in [9.17, 15) is 4.79 Å². The summed E-state index contributed by atoms with van der Waals surface area (Å²) in [6.45, 7) is 3.42. The third kappa shape index (κ3) is 1.68. The van der Waals surface area contributed by atoms with Crippen LogP contribution in [0.3, 0.4) is 0 Å². The van der Waals surface area contributed by atoms with Gasteiger partial charge < -0.3 is 16.0 Å². The number of carbonyl (C=O) groups excluding carboxylic acids is 1. The van der Waals surface area contributed by atoms with E-state index in [4.69, 9.17) is 5.73 Å². The first-order valence-electron chi connectivity index (χ1n) is 3.53. The van der Waals surface area contributed by atoms with Gasteiger partial charge in [-0.3, -0.25) is 4.79 Å². The van der Waals surface area contributed by atoms with E-state index in [1.165, 1.54) is 0 Å². The summed E-state index contributed by atoms with van der Waals surface area (Å²) in [5.41, 5.74) is 5.31. The molecule has 1 amide bonds. The molecule has 0 bridgehead atoms. The minimum atomic E-state index is 0.164. The fraction of sp³-hybridized carbons (Fsp3) is 0.833. The van der Waals surface area contributed by atoms with E-state index >= 15 is 0 Å². The Morgan fingerprint density at radius 1 is 1.70 bits per heavy atom. The summed E-state index contributed by atoms with van der Waals surface area (Å²) in [7, 11) is 0. The third-order valence-corrected chi connectivity index (χ3v) is 1.59. The Bertz CT molecular complexity index is 124. The summed E-state index contributed by atoms with van der Waals surface area (Å²) >= 11 is 0. The molecule has 0 radical (unpaired) electrons. The molecular formula is C6H13N3O. The monoisotopic (exact) mass is 143 g/mol. The van der Waals surface area contributed by atoms with Gasteiger partial charge in [-0.1, -0.05) is 0 Å². The molecule has 4 heteroatoms. The maximum atomic E-state index is 11.0. The van der Waals surface area contributed by atoms with Gasteiger partial charge in [0.25, 0.3) is 0 Å². The van der Waals surface area contributed by atoms with Crippen LogP contribution in [0.2, 0.25) is 0 Å². The lowest BCUT2D eigenvalue weighted by molar-refractivity contribution is -0.131. The van der Waals surface area contributed by atoms with Crippen molar-refractivity contribution in [3.63, 3.8) is 0 Å². The number of nitrogens with zero attached hydrogens (tertiary/aromatic N) is 1. The van der Waals surface area contributed by atoms with E-state index in [2.05, 4.69) is 5.32 Å². The second kappa shape index (κ2) is 3.53. The fourth-order valence-corrected chi connectivity index (χ4v) is 1.04. The number of nitrogens with one attached hydrogen (secondary N) is 1. The quantitative estimate of drug-likeness (QED) is 0.488. The summed E-state index contributed by atoms with van der Waals surface area (Å²) in [5, 5.41) is 2.99. The lowest BCUT2D eigenvalue weighted by atomic mass is 10.3. The molecule has 1 saturated heterocycles. The van der Waals surface area contributed by atoms with Crippen molar-refractivity contribution in [2.75, 3.05) is 32.7 Å². The minimum Gasteiger partial charge on any atom is -0.339 e. The molecule has 0 atom stereocenters. The molecule has 1 rings (SSSR count). The van der Waals surface area contributed by atoms with Crippen molar-refractivity contribution in [1.29, 1.82) is 0 Å². The van der Waals surface area contributed by atoms with Gasteiger partial charge in [0.15, 0.2) is 0 Å². The molecule has 0 spiro atoms. The molecule has 1 fully saturated rings. The fourth-order valence-electron chi connectivity index (χ4n) is 1.04. The Labute approximate surface area is 60.4 Å². The van der Waals surface area contributed by atoms with Gasteiger partial charge in [0.1, 0.15) is 0 Å². The molecule has 58 valence electrons. The average molecular weight is 143 g/mol. The molecular weight excluding hydrogens is 130 g/mol. The van der Waals surface area contributed by atoms with Crippen LogP contribution in [0.25, 0.3) is 0 Å². The SMILES string of the molecule is NCCN1CCNCC1=O. The highest BCUT2D eigenvalue weighted by molar-refractivity contribution is 5.78. The first-order chi connectivity index (χ1) is 4.84. The lowest BCUT2D eigenvalue weighted by Gasteiger charge is -2.26. The Hall–Kier alpha value is -0.610. The number of amides is 1. The standard InChI is InChI=1S/C6H13N3O/c7-1-3-9-4-2-8-5-6(9)10/h8H,1-5,7H2. The summed E-state index contributed by atoms with van der Waals surface area (Å²) in [5.74, 6) is 0.164. The van der Waals surface area contributed by atoms with Crippen molar-refractivity contribution in [3.8, 4) is 0 Å². The Kier molecular flexibility index (Phi) is 2.65. The van der Waals surface area contributed by atoms with E-state index in [-0.39, 0.29) is 5.91 Å². The normalized spacial score (nSPS) is 19.7. The van der Waals surface area contributed by atoms with Crippen molar-refractivity contribution in [2.24, 2.45) is 5.73 Å². The average Bonchev–Trinajstić information content (AvgIpc) is 1.94. The highest BCUT2D eigenvalue weighted by atomic mass is 16.2. The number of hydrogen-bond donors (Lipinski definition) is 2. The van der Waals surface area contributed by atoms with Crippen LogP contribution in [-0.4, -0.2) is 43.5 Å². The number of piperazine rings is 1. The molecule has 1 heterocycles. The lowest BCUT2D eigenvalue weighted by Crippen LogP contribution is -2.49. The van der Waals surface area contributed by atoms with Gasteiger partial charge in [0, 0.05) is 26.2 Å². The van der Waals surface area contributed by atoms with Gasteiger partial charge in [-0.15, -0.1) is 0 Å². The first-order valence-corrected chi connectivity index (χ1v) is 3.53. The van der Waals surface area contributed by atoms with Crippen LogP contribution < -0.4 is 11.1 Å². The maximum absolute atomic E-state index is 11.0. The zero-order valence-electron chi connectivity index (χ0n) is 5.97. The Morgan fingerprint density at radius 3 is 3.10 bits per heavy atom. The van der Waals surface area contributed by atoms with E-state index in [0.29, 0.717) is 19.6 Å². The van der Waals surface area contributed by atoms with Crippen molar-refractivity contribution >= 4 is 5.91 Å². The van der Waals surface area contributed by atoms with Crippen molar-refractivity contribution < 1.29 is 4.79 Å². The van der Waals surface area contributed by atoms with E-state index in [1.807, 2.05) is 0 Å². The summed E-state index contributed by atoms with van der Waals surface area (Å²) in [6.07, 6.45) is 0. The number of rotatable bonds is 2. The predicted molar refractivity (Wildman–Crippen MR) is 38.5 cm³/mol. The van der Waals surface area contributed by atoms with Gasteiger partial charge in [-0.2, -0.15) is 0 Å². The van der Waals surface area contributed by atoms with Crippen LogP contribution in [0.1, 0.15) is 0 Å². The van der Waals surface area contributed by atoms with Gasteiger partial charge >= 0.3 is 0 Å². The molecule has 0 saturated carbocycles. The van der Waals surface area contributed by atoms with Gasteiger partial charge in [0.05, 0.1) is 6.54 Å². The first kappa shape index (κ1) is 7.50. The Morgan fingerprint density at radius 2 is 2.50 bits per heavy atom. The summed E-state index contributed by atoms with van der Waals surface area (Å²) < 4.78 is 0. The number of hydrogen-bond acceptors (Lipinski definition) is 3. The molecule has 0 aromatic rings. The zero-order valence-corrected chi connectivity index (χ0v) is 5.97. The van der Waals surface area contributed by atoms with Crippen LogP contribution in [-0.2, 0) is 4.79 Å². The van der Waals surface area contributed by atoms with Gasteiger partial charge in [0.2, 0.25) is 5.91 Å².